The number of aliphatic hydroxyl groups is 1. The molecule has 0 saturated heterocycles. The smallest absolute Gasteiger partial charge is 0.408 e. The zero-order valence-electron chi connectivity index (χ0n) is 19.6. The SMILES string of the molecule is CC(=O)N1c2ccc(C(CN)CNC(C)(C)CO)cc2N(C(=O)Oc2cccnc2)C[C@@H]1C. The highest BCUT2D eigenvalue weighted by Crippen LogP contribution is 2.38. The lowest BCUT2D eigenvalue weighted by Gasteiger charge is -2.40. The van der Waals surface area contributed by atoms with Gasteiger partial charge in [-0.05, 0) is 50.6 Å². The molecule has 1 aliphatic heterocycles. The van der Waals surface area contributed by atoms with E-state index in [9.17, 15) is 14.7 Å². The number of carbonyl (C=O) groups excluding carboxylic acids is 2. The van der Waals surface area contributed by atoms with Gasteiger partial charge in [0.15, 0.2) is 5.75 Å². The lowest BCUT2D eigenvalue weighted by atomic mass is 9.95. The van der Waals surface area contributed by atoms with Crippen molar-refractivity contribution in [3.63, 3.8) is 0 Å². The number of pyridine rings is 1. The standard InChI is InChI=1S/C24H33N5O4/c1-16-14-28(23(32)33-20-6-5-9-26-13-20)22-10-18(7-8-21(22)29(16)17(2)31)19(11-25)12-27-24(3,4)15-30/h5-10,13,16,19,27,30H,11-12,14-15,25H2,1-4H3/t16-,19?/m0/s1. The van der Waals surface area contributed by atoms with Crippen molar-refractivity contribution in [1.29, 1.82) is 0 Å². The molecule has 1 aromatic heterocycles. The Morgan fingerprint density at radius 2 is 2.09 bits per heavy atom. The Morgan fingerprint density at radius 3 is 2.70 bits per heavy atom. The number of carbonyl (C=O) groups is 2. The molecule has 1 aromatic carbocycles. The van der Waals surface area contributed by atoms with Crippen molar-refractivity contribution < 1.29 is 19.4 Å². The van der Waals surface area contributed by atoms with Crippen LogP contribution in [-0.4, -0.2) is 59.9 Å². The summed E-state index contributed by atoms with van der Waals surface area (Å²) in [6.45, 7) is 8.45. The molecule has 178 valence electrons. The van der Waals surface area contributed by atoms with E-state index < -0.39 is 11.6 Å². The van der Waals surface area contributed by atoms with Gasteiger partial charge >= 0.3 is 6.09 Å². The zero-order valence-corrected chi connectivity index (χ0v) is 19.6. The van der Waals surface area contributed by atoms with Crippen LogP contribution in [0.1, 0.15) is 39.2 Å². The fourth-order valence-corrected chi connectivity index (χ4v) is 3.90. The van der Waals surface area contributed by atoms with Crippen LogP contribution >= 0.6 is 0 Å². The van der Waals surface area contributed by atoms with E-state index in [0.717, 1.165) is 5.56 Å². The molecule has 2 heterocycles. The third-order valence-corrected chi connectivity index (χ3v) is 5.81. The molecule has 9 heteroatoms. The van der Waals surface area contributed by atoms with Gasteiger partial charge in [0.1, 0.15) is 0 Å². The maximum Gasteiger partial charge on any atom is 0.419 e. The minimum Gasteiger partial charge on any atom is -0.408 e. The Morgan fingerprint density at radius 1 is 1.33 bits per heavy atom. The van der Waals surface area contributed by atoms with Gasteiger partial charge < -0.3 is 25.8 Å². The fraction of sp³-hybridized carbons (Fsp3) is 0.458. The fourth-order valence-electron chi connectivity index (χ4n) is 3.90. The molecule has 0 fully saturated rings. The first-order valence-electron chi connectivity index (χ1n) is 11.1. The number of aliphatic hydroxyl groups excluding tert-OH is 1. The van der Waals surface area contributed by atoms with E-state index >= 15 is 0 Å². The summed E-state index contributed by atoms with van der Waals surface area (Å²) in [7, 11) is 0. The van der Waals surface area contributed by atoms with E-state index in [2.05, 4.69) is 10.3 Å². The molecule has 3 rings (SSSR count). The minimum absolute atomic E-state index is 0.00605. The monoisotopic (exact) mass is 455 g/mol. The second-order valence-corrected chi connectivity index (χ2v) is 9.01. The molecule has 0 aliphatic carbocycles. The molecule has 0 saturated carbocycles. The Kier molecular flexibility index (Phi) is 7.68. The van der Waals surface area contributed by atoms with E-state index in [1.54, 1.807) is 28.1 Å². The van der Waals surface area contributed by atoms with Crippen LogP contribution in [0.4, 0.5) is 16.2 Å². The van der Waals surface area contributed by atoms with Crippen LogP contribution in [0.15, 0.2) is 42.7 Å². The summed E-state index contributed by atoms with van der Waals surface area (Å²) >= 11 is 0. The predicted octanol–water partition coefficient (Wildman–Crippen LogP) is 2.24. The van der Waals surface area contributed by atoms with E-state index in [-0.39, 0.29) is 31.0 Å². The lowest BCUT2D eigenvalue weighted by Crippen LogP contribution is -2.52. The topological polar surface area (TPSA) is 121 Å². The second kappa shape index (κ2) is 10.3. The van der Waals surface area contributed by atoms with Crippen LogP contribution in [-0.2, 0) is 4.79 Å². The summed E-state index contributed by atoms with van der Waals surface area (Å²) in [6.07, 6.45) is 2.54. The quantitative estimate of drug-likeness (QED) is 0.585. The van der Waals surface area contributed by atoms with Gasteiger partial charge in [-0.3, -0.25) is 14.7 Å². The van der Waals surface area contributed by atoms with Crippen LogP contribution in [0.25, 0.3) is 0 Å². The van der Waals surface area contributed by atoms with Crippen molar-refractivity contribution in [1.82, 2.24) is 10.3 Å². The van der Waals surface area contributed by atoms with Crippen LogP contribution in [0.2, 0.25) is 0 Å². The average molecular weight is 456 g/mol. The number of benzene rings is 1. The molecular weight excluding hydrogens is 422 g/mol. The number of amides is 2. The van der Waals surface area contributed by atoms with Crippen molar-refractivity contribution in [2.75, 3.05) is 36.0 Å². The summed E-state index contributed by atoms with van der Waals surface area (Å²) in [6, 6.07) is 8.81. The highest BCUT2D eigenvalue weighted by atomic mass is 16.6. The third-order valence-electron chi connectivity index (χ3n) is 5.81. The number of hydrogen-bond acceptors (Lipinski definition) is 7. The second-order valence-electron chi connectivity index (χ2n) is 9.01. The first-order valence-corrected chi connectivity index (χ1v) is 11.1. The van der Waals surface area contributed by atoms with Gasteiger partial charge in [-0.25, -0.2) is 4.79 Å². The Hall–Kier alpha value is -3.01. The molecule has 4 N–H and O–H groups in total. The van der Waals surface area contributed by atoms with E-state index in [1.807, 2.05) is 39.0 Å². The number of nitrogens with one attached hydrogen (secondary N) is 1. The number of fused-ring (bicyclic) bond motifs is 1. The molecule has 33 heavy (non-hydrogen) atoms. The summed E-state index contributed by atoms with van der Waals surface area (Å²) in [5, 5.41) is 12.9. The molecular formula is C24H33N5O4. The minimum atomic E-state index is -0.541. The molecule has 1 aliphatic rings. The molecule has 0 spiro atoms. The van der Waals surface area contributed by atoms with E-state index in [4.69, 9.17) is 10.5 Å². The van der Waals surface area contributed by atoms with Crippen LogP contribution in [0.3, 0.4) is 0 Å². The highest BCUT2D eigenvalue weighted by Gasteiger charge is 2.35. The molecule has 2 aromatic rings. The van der Waals surface area contributed by atoms with Gasteiger partial charge in [0.05, 0.1) is 30.2 Å². The van der Waals surface area contributed by atoms with Crippen molar-refractivity contribution in [3.05, 3.63) is 48.3 Å². The van der Waals surface area contributed by atoms with E-state index in [1.165, 1.54) is 13.1 Å². The number of anilines is 2. The predicted molar refractivity (Wildman–Crippen MR) is 128 cm³/mol. The van der Waals surface area contributed by atoms with Gasteiger partial charge in [0.2, 0.25) is 5.91 Å². The van der Waals surface area contributed by atoms with Gasteiger partial charge in [-0.1, -0.05) is 6.07 Å². The molecule has 2 atom stereocenters. The highest BCUT2D eigenvalue weighted by molar-refractivity contribution is 6.02. The number of nitrogens with two attached hydrogens (primary N) is 1. The van der Waals surface area contributed by atoms with Gasteiger partial charge in [-0.15, -0.1) is 0 Å². The maximum absolute atomic E-state index is 13.1. The Balaban J connectivity index is 1.96. The first-order chi connectivity index (χ1) is 15.7. The third kappa shape index (κ3) is 5.68. The van der Waals surface area contributed by atoms with Crippen molar-refractivity contribution in [2.24, 2.45) is 5.73 Å². The largest absolute Gasteiger partial charge is 0.419 e. The van der Waals surface area contributed by atoms with Gasteiger partial charge in [-0.2, -0.15) is 0 Å². The Bertz CT molecular complexity index is 982. The molecule has 2 amide bonds. The average Bonchev–Trinajstić information content (AvgIpc) is 2.79. The molecule has 9 nitrogen and oxygen atoms in total. The normalized spacial score (nSPS) is 16.8. The van der Waals surface area contributed by atoms with Crippen LogP contribution < -0.4 is 25.6 Å². The first kappa shape index (κ1) is 24.6. The summed E-state index contributed by atoms with van der Waals surface area (Å²) in [5.74, 6) is 0.193. The van der Waals surface area contributed by atoms with Gasteiger partial charge in [0, 0.05) is 44.2 Å². The molecule has 0 bridgehead atoms. The van der Waals surface area contributed by atoms with Crippen molar-refractivity contribution >= 4 is 23.4 Å². The summed E-state index contributed by atoms with van der Waals surface area (Å²) in [4.78, 5) is 32.7. The number of nitrogens with zero attached hydrogens (tertiary/aromatic N) is 3. The van der Waals surface area contributed by atoms with Crippen molar-refractivity contribution in [3.8, 4) is 5.75 Å². The maximum atomic E-state index is 13.1. The number of ether oxygens (including phenoxy) is 1. The van der Waals surface area contributed by atoms with E-state index in [0.29, 0.717) is 30.2 Å². The van der Waals surface area contributed by atoms with Gasteiger partial charge in [0.25, 0.3) is 0 Å². The molecule has 1 unspecified atom stereocenters. The summed E-state index contributed by atoms with van der Waals surface area (Å²) in [5.41, 5.74) is 7.79. The number of rotatable bonds is 7. The zero-order chi connectivity index (χ0) is 24.2. The number of aromatic nitrogens is 1. The van der Waals surface area contributed by atoms with Crippen LogP contribution in [0, 0.1) is 0 Å². The number of hydrogen-bond donors (Lipinski definition) is 3. The van der Waals surface area contributed by atoms with Crippen molar-refractivity contribution in [2.45, 2.75) is 45.2 Å². The Labute approximate surface area is 194 Å². The summed E-state index contributed by atoms with van der Waals surface area (Å²) < 4.78 is 5.54. The molecule has 0 radical (unpaired) electrons. The van der Waals surface area contributed by atoms with Crippen LogP contribution in [0.5, 0.6) is 5.75 Å². The lowest BCUT2D eigenvalue weighted by molar-refractivity contribution is -0.117.